The zero-order chi connectivity index (χ0) is 15.7. The van der Waals surface area contributed by atoms with Crippen LogP contribution >= 0.6 is 0 Å². The van der Waals surface area contributed by atoms with Gasteiger partial charge in [0.05, 0.1) is 7.11 Å². The highest BCUT2D eigenvalue weighted by Gasteiger charge is 2.10. The Bertz CT molecular complexity index is 473. The molecule has 0 spiro atoms. The fourth-order valence-corrected chi connectivity index (χ4v) is 2.07. The number of aliphatic carboxylic acids is 1. The summed E-state index contributed by atoms with van der Waals surface area (Å²) in [6.07, 6.45) is 4.37. The molecule has 1 atom stereocenters. The SMILES string of the molecule is COc1cccc(C(=O)CCCCCCC(N)C(=O)O)c1. The fourth-order valence-electron chi connectivity index (χ4n) is 2.07. The lowest BCUT2D eigenvalue weighted by molar-refractivity contribution is -0.138. The van der Waals surface area contributed by atoms with Gasteiger partial charge in [0.15, 0.2) is 5.78 Å². The van der Waals surface area contributed by atoms with E-state index in [1.165, 1.54) is 0 Å². The van der Waals surface area contributed by atoms with E-state index in [-0.39, 0.29) is 5.78 Å². The number of carbonyl (C=O) groups excluding carboxylic acids is 1. The van der Waals surface area contributed by atoms with E-state index in [9.17, 15) is 9.59 Å². The van der Waals surface area contributed by atoms with Gasteiger partial charge in [-0.15, -0.1) is 0 Å². The summed E-state index contributed by atoms with van der Waals surface area (Å²) in [7, 11) is 1.57. The monoisotopic (exact) mass is 293 g/mol. The molecule has 1 rings (SSSR count). The van der Waals surface area contributed by atoms with Crippen LogP contribution in [0.25, 0.3) is 0 Å². The molecule has 0 fully saturated rings. The first-order valence-corrected chi connectivity index (χ1v) is 7.20. The van der Waals surface area contributed by atoms with Crippen molar-refractivity contribution in [3.8, 4) is 5.75 Å². The molecule has 0 aliphatic heterocycles. The number of carboxylic acids is 1. The zero-order valence-corrected chi connectivity index (χ0v) is 12.4. The van der Waals surface area contributed by atoms with Gasteiger partial charge in [-0.05, 0) is 25.0 Å². The van der Waals surface area contributed by atoms with Gasteiger partial charge in [0.1, 0.15) is 11.8 Å². The molecule has 5 heteroatoms. The Labute approximate surface area is 125 Å². The molecule has 0 bridgehead atoms. The molecule has 0 heterocycles. The Morgan fingerprint density at radius 1 is 1.24 bits per heavy atom. The van der Waals surface area contributed by atoms with Gasteiger partial charge >= 0.3 is 5.97 Å². The number of carbonyl (C=O) groups is 2. The average molecular weight is 293 g/mol. The molecule has 0 saturated carbocycles. The Morgan fingerprint density at radius 2 is 1.95 bits per heavy atom. The van der Waals surface area contributed by atoms with Gasteiger partial charge in [0.25, 0.3) is 0 Å². The molecule has 21 heavy (non-hydrogen) atoms. The quantitative estimate of drug-likeness (QED) is 0.511. The van der Waals surface area contributed by atoms with Crippen molar-refractivity contribution in [3.63, 3.8) is 0 Å². The number of methoxy groups -OCH3 is 1. The summed E-state index contributed by atoms with van der Waals surface area (Å²) in [4.78, 5) is 22.5. The lowest BCUT2D eigenvalue weighted by atomic mass is 10.0. The third-order valence-corrected chi connectivity index (χ3v) is 3.38. The van der Waals surface area contributed by atoms with E-state index in [1.807, 2.05) is 6.07 Å². The predicted molar refractivity (Wildman–Crippen MR) is 80.6 cm³/mol. The highest BCUT2D eigenvalue weighted by molar-refractivity contribution is 5.96. The Hall–Kier alpha value is -1.88. The van der Waals surface area contributed by atoms with Crippen molar-refractivity contribution in [3.05, 3.63) is 29.8 Å². The second kappa shape index (κ2) is 9.13. The van der Waals surface area contributed by atoms with Gasteiger partial charge in [-0.1, -0.05) is 31.4 Å². The fraction of sp³-hybridized carbons (Fsp3) is 0.500. The number of benzene rings is 1. The number of hydrogen-bond acceptors (Lipinski definition) is 4. The molecule has 0 amide bonds. The molecule has 0 saturated heterocycles. The topological polar surface area (TPSA) is 89.6 Å². The molecule has 0 aromatic heterocycles. The summed E-state index contributed by atoms with van der Waals surface area (Å²) in [6, 6.07) is 6.37. The number of rotatable bonds is 10. The number of unbranched alkanes of at least 4 members (excludes halogenated alkanes) is 3. The summed E-state index contributed by atoms with van der Waals surface area (Å²) >= 11 is 0. The summed E-state index contributed by atoms with van der Waals surface area (Å²) in [5.41, 5.74) is 6.09. The number of nitrogens with two attached hydrogens (primary N) is 1. The molecule has 116 valence electrons. The minimum Gasteiger partial charge on any atom is -0.497 e. The number of ketones is 1. The van der Waals surface area contributed by atoms with E-state index in [0.717, 1.165) is 25.7 Å². The van der Waals surface area contributed by atoms with Crippen molar-refractivity contribution in [2.24, 2.45) is 5.73 Å². The van der Waals surface area contributed by atoms with Crippen molar-refractivity contribution >= 4 is 11.8 Å². The van der Waals surface area contributed by atoms with E-state index >= 15 is 0 Å². The van der Waals surface area contributed by atoms with Crippen LogP contribution in [0.2, 0.25) is 0 Å². The van der Waals surface area contributed by atoms with Gasteiger partial charge in [0.2, 0.25) is 0 Å². The number of Topliss-reactive ketones (excluding diaryl/α,β-unsaturated/α-hetero) is 1. The van der Waals surface area contributed by atoms with Crippen molar-refractivity contribution < 1.29 is 19.4 Å². The predicted octanol–water partition coefficient (Wildman–Crippen LogP) is 2.63. The zero-order valence-electron chi connectivity index (χ0n) is 12.4. The minimum absolute atomic E-state index is 0.108. The third-order valence-electron chi connectivity index (χ3n) is 3.38. The number of hydrogen-bond donors (Lipinski definition) is 2. The molecule has 0 radical (unpaired) electrons. The van der Waals surface area contributed by atoms with Crippen molar-refractivity contribution in [1.29, 1.82) is 0 Å². The van der Waals surface area contributed by atoms with Crippen LogP contribution in [0.4, 0.5) is 0 Å². The summed E-state index contributed by atoms with van der Waals surface area (Å²) in [6.45, 7) is 0. The molecule has 5 nitrogen and oxygen atoms in total. The molecule has 1 unspecified atom stereocenters. The molecule has 1 aromatic carbocycles. The standard InChI is InChI=1S/C16H23NO4/c1-21-13-8-6-7-12(11-13)15(18)10-5-3-2-4-9-14(17)16(19)20/h6-8,11,14H,2-5,9-10,17H2,1H3,(H,19,20). The molecule has 0 aliphatic carbocycles. The minimum atomic E-state index is -0.955. The van der Waals surface area contributed by atoms with Gasteiger partial charge in [-0.3, -0.25) is 9.59 Å². The second-order valence-electron chi connectivity index (χ2n) is 5.05. The van der Waals surface area contributed by atoms with Crippen LogP contribution in [0.1, 0.15) is 48.9 Å². The van der Waals surface area contributed by atoms with E-state index in [2.05, 4.69) is 0 Å². The summed E-state index contributed by atoms with van der Waals surface area (Å²) < 4.78 is 5.09. The molecular formula is C16H23NO4. The van der Waals surface area contributed by atoms with Crippen LogP contribution in [0, 0.1) is 0 Å². The van der Waals surface area contributed by atoms with Crippen molar-refractivity contribution in [1.82, 2.24) is 0 Å². The molecule has 0 aliphatic rings. The number of ether oxygens (including phenoxy) is 1. The maximum atomic E-state index is 12.0. The summed E-state index contributed by atoms with van der Waals surface area (Å²) in [5.74, 6) is -0.164. The van der Waals surface area contributed by atoms with Gasteiger partial charge in [0, 0.05) is 12.0 Å². The Balaban J connectivity index is 2.20. The molecule has 1 aromatic rings. The normalized spacial score (nSPS) is 11.9. The molecule has 3 N–H and O–H groups in total. The van der Waals surface area contributed by atoms with Crippen LogP contribution in [0.15, 0.2) is 24.3 Å². The van der Waals surface area contributed by atoms with Crippen LogP contribution < -0.4 is 10.5 Å². The van der Waals surface area contributed by atoms with Gasteiger partial charge < -0.3 is 15.6 Å². The van der Waals surface area contributed by atoms with E-state index in [4.69, 9.17) is 15.6 Å². The van der Waals surface area contributed by atoms with Crippen LogP contribution in [0.5, 0.6) is 5.75 Å². The number of carboxylic acid groups (broad SMARTS) is 1. The van der Waals surface area contributed by atoms with Crippen molar-refractivity contribution in [2.75, 3.05) is 7.11 Å². The van der Waals surface area contributed by atoms with Crippen LogP contribution in [-0.4, -0.2) is 30.0 Å². The first-order chi connectivity index (χ1) is 10.0. The van der Waals surface area contributed by atoms with Gasteiger partial charge in [-0.2, -0.15) is 0 Å². The first-order valence-electron chi connectivity index (χ1n) is 7.20. The smallest absolute Gasteiger partial charge is 0.320 e. The summed E-state index contributed by atoms with van der Waals surface area (Å²) in [5, 5.41) is 8.65. The van der Waals surface area contributed by atoms with E-state index < -0.39 is 12.0 Å². The highest BCUT2D eigenvalue weighted by Crippen LogP contribution is 2.16. The maximum Gasteiger partial charge on any atom is 0.320 e. The van der Waals surface area contributed by atoms with Crippen LogP contribution in [0.3, 0.4) is 0 Å². The van der Waals surface area contributed by atoms with Crippen LogP contribution in [-0.2, 0) is 4.79 Å². The van der Waals surface area contributed by atoms with E-state index in [1.54, 1.807) is 25.3 Å². The lowest BCUT2D eigenvalue weighted by Gasteiger charge is -2.06. The Morgan fingerprint density at radius 3 is 2.62 bits per heavy atom. The largest absolute Gasteiger partial charge is 0.497 e. The van der Waals surface area contributed by atoms with E-state index in [0.29, 0.717) is 24.2 Å². The third kappa shape index (κ3) is 6.40. The average Bonchev–Trinajstić information content (AvgIpc) is 2.50. The Kier molecular flexibility index (Phi) is 7.46. The second-order valence-corrected chi connectivity index (χ2v) is 5.05. The van der Waals surface area contributed by atoms with Gasteiger partial charge in [-0.25, -0.2) is 0 Å². The lowest BCUT2D eigenvalue weighted by Crippen LogP contribution is -2.29. The van der Waals surface area contributed by atoms with Crippen molar-refractivity contribution in [2.45, 2.75) is 44.6 Å². The first kappa shape index (κ1) is 17.2. The molecular weight excluding hydrogens is 270 g/mol. The highest BCUT2D eigenvalue weighted by atomic mass is 16.5. The maximum absolute atomic E-state index is 12.0.